The van der Waals surface area contributed by atoms with Crippen LogP contribution in [0.15, 0.2) is 71.1 Å². The quantitative estimate of drug-likeness (QED) is 0.403. The molecule has 1 aromatic heterocycles. The van der Waals surface area contributed by atoms with Crippen LogP contribution >= 0.6 is 11.6 Å². The zero-order chi connectivity index (χ0) is 20.9. The summed E-state index contributed by atoms with van der Waals surface area (Å²) in [5, 5.41) is 3.06. The molecule has 1 heterocycles. The number of carbonyl (C=O) groups excluding carboxylic acids is 1. The molecule has 30 heavy (non-hydrogen) atoms. The number of hydrogen-bond donors (Lipinski definition) is 1. The molecule has 0 saturated carbocycles. The average Bonchev–Trinajstić information content (AvgIpc) is 3.12. The molecule has 0 spiro atoms. The van der Waals surface area contributed by atoms with E-state index in [2.05, 4.69) is 10.3 Å². The fraction of sp³-hybridized carbons (Fsp3) is 0.0909. The number of amides is 1. The summed E-state index contributed by atoms with van der Waals surface area (Å²) in [7, 11) is 0. The van der Waals surface area contributed by atoms with Gasteiger partial charge in [-0.1, -0.05) is 23.7 Å². The van der Waals surface area contributed by atoms with Gasteiger partial charge in [-0.25, -0.2) is 4.39 Å². The number of hydrogen-bond acceptors (Lipinski definition) is 5. The molecule has 1 amide bonds. The topological polar surface area (TPSA) is 73.6 Å². The number of rotatable bonds is 7. The molecule has 0 saturated heterocycles. The lowest BCUT2D eigenvalue weighted by molar-refractivity contribution is -0.116. The second-order valence-corrected chi connectivity index (χ2v) is 6.73. The lowest BCUT2D eigenvalue weighted by atomic mass is 10.3. The Morgan fingerprint density at radius 1 is 1.07 bits per heavy atom. The predicted octanol–water partition coefficient (Wildman–Crippen LogP) is 5.82. The third kappa shape index (κ3) is 4.87. The lowest BCUT2D eigenvalue weighted by Crippen LogP contribution is -2.15. The number of nitrogens with one attached hydrogen (secondary N) is 1. The normalized spacial score (nSPS) is 10.7. The summed E-state index contributed by atoms with van der Waals surface area (Å²) in [6, 6.07) is 17.9. The number of benzene rings is 3. The van der Waals surface area contributed by atoms with E-state index < -0.39 is 5.82 Å². The Labute approximate surface area is 176 Å². The number of aromatic nitrogens is 1. The van der Waals surface area contributed by atoms with Crippen molar-refractivity contribution in [2.75, 3.05) is 11.9 Å². The fourth-order valence-corrected chi connectivity index (χ4v) is 2.82. The van der Waals surface area contributed by atoms with E-state index in [0.29, 0.717) is 27.6 Å². The molecule has 0 atom stereocenters. The summed E-state index contributed by atoms with van der Waals surface area (Å²) in [6.45, 7) is 0.145. The molecule has 0 unspecified atom stereocenters. The molecule has 8 heteroatoms. The largest absolute Gasteiger partial charge is 0.493 e. The number of oxazole rings is 1. The number of anilines is 1. The van der Waals surface area contributed by atoms with Gasteiger partial charge in [-0.05, 0) is 48.5 Å². The minimum atomic E-state index is -0.482. The summed E-state index contributed by atoms with van der Waals surface area (Å²) in [5.74, 6) is 0.253. The van der Waals surface area contributed by atoms with Gasteiger partial charge in [0.1, 0.15) is 22.8 Å². The van der Waals surface area contributed by atoms with Crippen LogP contribution in [0.3, 0.4) is 0 Å². The molecule has 0 aliphatic heterocycles. The van der Waals surface area contributed by atoms with Gasteiger partial charge in [0, 0.05) is 11.1 Å². The molecule has 0 aliphatic rings. The summed E-state index contributed by atoms with van der Waals surface area (Å²) in [5.41, 5.74) is 1.32. The number of para-hydroxylation sites is 1. The van der Waals surface area contributed by atoms with Crippen molar-refractivity contribution in [1.82, 2.24) is 4.98 Å². The van der Waals surface area contributed by atoms with E-state index in [-0.39, 0.29) is 30.7 Å². The highest BCUT2D eigenvalue weighted by Crippen LogP contribution is 2.28. The predicted molar refractivity (Wildman–Crippen MR) is 111 cm³/mol. The minimum absolute atomic E-state index is 0.0814. The second-order valence-electron chi connectivity index (χ2n) is 6.29. The lowest BCUT2D eigenvalue weighted by Gasteiger charge is -2.08. The third-order valence-electron chi connectivity index (χ3n) is 4.11. The van der Waals surface area contributed by atoms with Crippen LogP contribution in [0.25, 0.3) is 11.1 Å². The van der Waals surface area contributed by atoms with Crippen LogP contribution in [0, 0.1) is 5.82 Å². The van der Waals surface area contributed by atoms with Crippen molar-refractivity contribution in [3.05, 3.63) is 77.6 Å². The van der Waals surface area contributed by atoms with Gasteiger partial charge in [-0.15, -0.1) is 0 Å². The Morgan fingerprint density at radius 2 is 1.83 bits per heavy atom. The summed E-state index contributed by atoms with van der Waals surface area (Å²) in [4.78, 5) is 16.1. The number of fused-ring (bicyclic) bond motifs is 1. The maximum Gasteiger partial charge on any atom is 0.400 e. The maximum atomic E-state index is 13.5. The third-order valence-corrected chi connectivity index (χ3v) is 4.34. The molecule has 0 fully saturated rings. The number of ether oxygens (including phenoxy) is 2. The monoisotopic (exact) mass is 426 g/mol. The highest BCUT2D eigenvalue weighted by atomic mass is 35.5. The van der Waals surface area contributed by atoms with E-state index >= 15 is 0 Å². The molecule has 1 N–H and O–H groups in total. The molecule has 4 rings (SSSR count). The number of halogens is 2. The van der Waals surface area contributed by atoms with Gasteiger partial charge in [0.05, 0.1) is 18.7 Å². The SMILES string of the molecule is O=C(CCOc1ccc(Oc2nc3ccc(Cl)cc3o2)cc1)Nc1ccccc1F. The number of nitrogens with zero attached hydrogens (tertiary/aromatic N) is 1. The minimum Gasteiger partial charge on any atom is -0.493 e. The van der Waals surface area contributed by atoms with Crippen LogP contribution in [0.2, 0.25) is 5.02 Å². The van der Waals surface area contributed by atoms with E-state index in [4.69, 9.17) is 25.5 Å². The van der Waals surface area contributed by atoms with Crippen LogP contribution < -0.4 is 14.8 Å². The van der Waals surface area contributed by atoms with Crippen molar-refractivity contribution in [3.8, 4) is 17.6 Å². The summed E-state index contributed by atoms with van der Waals surface area (Å²) in [6.07, 6.45) is 0.184. The van der Waals surface area contributed by atoms with E-state index in [1.165, 1.54) is 12.1 Å². The number of carbonyl (C=O) groups is 1. The van der Waals surface area contributed by atoms with E-state index in [0.717, 1.165) is 0 Å². The van der Waals surface area contributed by atoms with E-state index in [1.54, 1.807) is 54.6 Å². The molecule has 6 nitrogen and oxygen atoms in total. The van der Waals surface area contributed by atoms with Crippen LogP contribution in [-0.2, 0) is 4.79 Å². The van der Waals surface area contributed by atoms with Gasteiger partial charge in [0.15, 0.2) is 5.58 Å². The molecular formula is C22H16ClFN2O4. The van der Waals surface area contributed by atoms with Crippen LogP contribution in [0.4, 0.5) is 10.1 Å². The van der Waals surface area contributed by atoms with Crippen LogP contribution in [0.1, 0.15) is 6.42 Å². The van der Waals surface area contributed by atoms with Gasteiger partial charge in [0.2, 0.25) is 5.91 Å². The Morgan fingerprint density at radius 3 is 2.63 bits per heavy atom. The van der Waals surface area contributed by atoms with Gasteiger partial charge in [-0.3, -0.25) is 4.79 Å². The molecule has 4 aromatic rings. The second kappa shape index (κ2) is 8.84. The van der Waals surface area contributed by atoms with Crippen LogP contribution in [0.5, 0.6) is 17.6 Å². The fourth-order valence-electron chi connectivity index (χ4n) is 2.66. The van der Waals surface area contributed by atoms with Crippen molar-refractivity contribution in [1.29, 1.82) is 0 Å². The zero-order valence-electron chi connectivity index (χ0n) is 15.6. The molecule has 152 valence electrons. The summed E-state index contributed by atoms with van der Waals surface area (Å²) >= 11 is 5.93. The Bertz CT molecular complexity index is 1180. The molecular weight excluding hydrogens is 411 g/mol. The van der Waals surface area contributed by atoms with Crippen molar-refractivity contribution in [2.24, 2.45) is 0 Å². The Balaban J connectivity index is 1.28. The first kappa shape index (κ1) is 19.7. The van der Waals surface area contributed by atoms with Crippen molar-refractivity contribution >= 4 is 34.3 Å². The smallest absolute Gasteiger partial charge is 0.400 e. The maximum absolute atomic E-state index is 13.5. The first-order chi connectivity index (χ1) is 14.6. The Hall–Kier alpha value is -3.58. The van der Waals surface area contributed by atoms with Crippen molar-refractivity contribution < 1.29 is 23.1 Å². The highest BCUT2D eigenvalue weighted by molar-refractivity contribution is 6.31. The summed E-state index contributed by atoms with van der Waals surface area (Å²) < 4.78 is 30.2. The molecule has 0 bridgehead atoms. The van der Waals surface area contributed by atoms with Gasteiger partial charge in [0.25, 0.3) is 0 Å². The standard InChI is InChI=1S/C22H16ClFN2O4/c23-14-5-10-19-20(13-14)30-22(26-19)29-16-8-6-15(7-9-16)28-12-11-21(27)25-18-4-2-1-3-17(18)24/h1-10,13H,11-12H2,(H,25,27). The van der Waals surface area contributed by atoms with Gasteiger partial charge in [-0.2, -0.15) is 4.98 Å². The van der Waals surface area contributed by atoms with Crippen molar-refractivity contribution in [3.63, 3.8) is 0 Å². The first-order valence-corrected chi connectivity index (χ1v) is 9.46. The highest BCUT2D eigenvalue weighted by Gasteiger charge is 2.09. The van der Waals surface area contributed by atoms with E-state index in [1.807, 2.05) is 0 Å². The van der Waals surface area contributed by atoms with Gasteiger partial charge < -0.3 is 19.2 Å². The average molecular weight is 427 g/mol. The molecule has 0 radical (unpaired) electrons. The van der Waals surface area contributed by atoms with E-state index in [9.17, 15) is 9.18 Å². The zero-order valence-corrected chi connectivity index (χ0v) is 16.4. The molecule has 0 aliphatic carbocycles. The molecule has 3 aromatic carbocycles. The Kier molecular flexibility index (Phi) is 5.81. The van der Waals surface area contributed by atoms with Crippen molar-refractivity contribution in [2.45, 2.75) is 6.42 Å². The van der Waals surface area contributed by atoms with Gasteiger partial charge >= 0.3 is 6.08 Å². The first-order valence-electron chi connectivity index (χ1n) is 9.08. The van der Waals surface area contributed by atoms with Crippen LogP contribution in [-0.4, -0.2) is 17.5 Å².